The summed E-state index contributed by atoms with van der Waals surface area (Å²) in [6.07, 6.45) is 7.44. The van der Waals surface area contributed by atoms with Gasteiger partial charge < -0.3 is 20.3 Å². The molecule has 0 saturated carbocycles. The second kappa shape index (κ2) is 9.20. The first-order valence-corrected chi connectivity index (χ1v) is 13.5. The number of likely N-dealkylation sites (N-methyl/N-ethyl adjacent to an activating group) is 1. The summed E-state index contributed by atoms with van der Waals surface area (Å²) in [5.41, 5.74) is 5.83. The Hall–Kier alpha value is -2.63. The third-order valence-corrected chi connectivity index (χ3v) is 8.20. The minimum absolute atomic E-state index is 0.0699. The molecule has 0 spiro atoms. The molecule has 10 nitrogen and oxygen atoms in total. The SMILES string of the molecule is CN(C)CCNC1COc2c(S(=N)(=O)NC(=O)Nc3c4c(cc5c3CCC5)CCC4)cnn2C1. The van der Waals surface area contributed by atoms with Crippen LogP contribution in [0, 0.1) is 4.78 Å². The van der Waals surface area contributed by atoms with Crippen molar-refractivity contribution >= 4 is 21.6 Å². The van der Waals surface area contributed by atoms with Gasteiger partial charge in [-0.15, -0.1) is 0 Å². The van der Waals surface area contributed by atoms with Crippen LogP contribution in [0.5, 0.6) is 5.88 Å². The molecule has 0 bridgehead atoms. The molecule has 2 amide bonds. The second-order valence-electron chi connectivity index (χ2n) is 9.61. The van der Waals surface area contributed by atoms with Gasteiger partial charge in [-0.2, -0.15) is 5.10 Å². The molecule has 0 saturated heterocycles. The number of rotatable bonds is 7. The van der Waals surface area contributed by atoms with Crippen molar-refractivity contribution in [3.05, 3.63) is 34.5 Å². The molecule has 2 atom stereocenters. The maximum absolute atomic E-state index is 13.3. The standard InChI is InChI=1S/C23H33N7O3S/c1-29(2)10-9-25-17-13-30-22(33-14-17)20(12-26-30)34(24,32)28-23(31)27-21-18-7-3-5-15(18)11-16-6-4-8-19(16)21/h11-12,17,25H,3-10,13-14H2,1-2H3,(H3,24,27,28,31,32). The summed E-state index contributed by atoms with van der Waals surface area (Å²) in [6, 6.07) is 1.73. The summed E-state index contributed by atoms with van der Waals surface area (Å²) >= 11 is 0. The van der Waals surface area contributed by atoms with Gasteiger partial charge in [-0.3, -0.25) is 0 Å². The number of fused-ring (bicyclic) bond motifs is 3. The molecule has 184 valence electrons. The Morgan fingerprint density at radius 1 is 1.24 bits per heavy atom. The Morgan fingerprint density at radius 3 is 2.62 bits per heavy atom. The first-order chi connectivity index (χ1) is 16.3. The van der Waals surface area contributed by atoms with Crippen molar-refractivity contribution in [3.63, 3.8) is 0 Å². The van der Waals surface area contributed by atoms with E-state index < -0.39 is 15.9 Å². The minimum atomic E-state index is -3.65. The van der Waals surface area contributed by atoms with Crippen molar-refractivity contribution in [1.82, 2.24) is 24.7 Å². The molecule has 2 heterocycles. The van der Waals surface area contributed by atoms with Gasteiger partial charge in [-0.1, -0.05) is 6.07 Å². The summed E-state index contributed by atoms with van der Waals surface area (Å²) in [5.74, 6) is 0.285. The van der Waals surface area contributed by atoms with E-state index in [1.165, 1.54) is 28.5 Å². The number of anilines is 1. The normalized spacial score (nSPS) is 20.3. The van der Waals surface area contributed by atoms with Gasteiger partial charge in [0, 0.05) is 18.8 Å². The Morgan fingerprint density at radius 2 is 1.94 bits per heavy atom. The van der Waals surface area contributed by atoms with Crippen molar-refractivity contribution in [3.8, 4) is 5.88 Å². The van der Waals surface area contributed by atoms with E-state index in [1.807, 2.05) is 14.1 Å². The van der Waals surface area contributed by atoms with Crippen molar-refractivity contribution < 1.29 is 13.7 Å². The van der Waals surface area contributed by atoms with Crippen LogP contribution >= 0.6 is 0 Å². The van der Waals surface area contributed by atoms with E-state index in [-0.39, 0.29) is 16.8 Å². The molecule has 5 rings (SSSR count). The largest absolute Gasteiger partial charge is 0.475 e. The Balaban J connectivity index is 1.28. The average Bonchev–Trinajstić information content (AvgIpc) is 3.51. The predicted molar refractivity (Wildman–Crippen MR) is 130 cm³/mol. The fourth-order valence-corrected chi connectivity index (χ4v) is 6.21. The Labute approximate surface area is 200 Å². The number of nitrogens with one attached hydrogen (secondary N) is 4. The predicted octanol–water partition coefficient (Wildman–Crippen LogP) is 1.92. The second-order valence-corrected chi connectivity index (χ2v) is 11.4. The third kappa shape index (κ3) is 4.51. The van der Waals surface area contributed by atoms with Gasteiger partial charge in [0.2, 0.25) is 5.88 Å². The van der Waals surface area contributed by atoms with Gasteiger partial charge in [0.25, 0.3) is 0 Å². The van der Waals surface area contributed by atoms with Crippen molar-refractivity contribution in [2.45, 2.75) is 56.0 Å². The molecule has 2 aromatic rings. The Kier molecular flexibility index (Phi) is 6.26. The number of amides is 2. The van der Waals surface area contributed by atoms with E-state index in [0.717, 1.165) is 57.3 Å². The van der Waals surface area contributed by atoms with Crippen LogP contribution in [0.1, 0.15) is 35.1 Å². The van der Waals surface area contributed by atoms with Crippen LogP contribution in [0.4, 0.5) is 10.5 Å². The molecular weight excluding hydrogens is 454 g/mol. The molecule has 3 aliphatic rings. The number of hydrogen-bond donors (Lipinski definition) is 4. The van der Waals surface area contributed by atoms with Crippen LogP contribution in [-0.4, -0.2) is 64.8 Å². The number of carbonyl (C=O) groups is 1. The molecule has 0 fully saturated rings. The van der Waals surface area contributed by atoms with Crippen LogP contribution in [0.3, 0.4) is 0 Å². The van der Waals surface area contributed by atoms with E-state index in [0.29, 0.717) is 13.2 Å². The summed E-state index contributed by atoms with van der Waals surface area (Å²) in [4.78, 5) is 15.1. The zero-order valence-electron chi connectivity index (χ0n) is 19.8. The number of urea groups is 1. The number of nitrogens with zero attached hydrogens (tertiary/aromatic N) is 3. The lowest BCUT2D eigenvalue weighted by molar-refractivity contribution is 0.177. The lowest BCUT2D eigenvalue weighted by Gasteiger charge is -2.26. The highest BCUT2D eigenvalue weighted by atomic mass is 32.2. The smallest absolute Gasteiger partial charge is 0.331 e. The van der Waals surface area contributed by atoms with Gasteiger partial charge in [0.1, 0.15) is 11.5 Å². The first-order valence-electron chi connectivity index (χ1n) is 11.9. The highest BCUT2D eigenvalue weighted by Gasteiger charge is 2.30. The number of benzene rings is 1. The highest BCUT2D eigenvalue weighted by molar-refractivity contribution is 7.91. The van der Waals surface area contributed by atoms with Crippen LogP contribution in [0.25, 0.3) is 0 Å². The lowest BCUT2D eigenvalue weighted by atomic mass is 9.99. The number of carbonyl (C=O) groups excluding carboxylic acids is 1. The molecule has 1 aliphatic heterocycles. The van der Waals surface area contributed by atoms with Gasteiger partial charge in [-0.25, -0.2) is 23.2 Å². The fourth-order valence-electron chi connectivity index (χ4n) is 5.18. The van der Waals surface area contributed by atoms with Crippen LogP contribution < -0.4 is 20.1 Å². The first kappa shape index (κ1) is 23.1. The van der Waals surface area contributed by atoms with E-state index in [2.05, 4.69) is 31.4 Å². The number of ether oxygens (including phenoxy) is 1. The topological polar surface area (TPSA) is 124 Å². The Bertz CT molecular complexity index is 1170. The molecule has 4 N–H and O–H groups in total. The molecular formula is C23H33N7O3S. The van der Waals surface area contributed by atoms with Gasteiger partial charge in [0.15, 0.2) is 9.92 Å². The number of aromatic nitrogens is 2. The third-order valence-electron chi connectivity index (χ3n) is 6.82. The van der Waals surface area contributed by atoms with Crippen molar-refractivity contribution in [1.29, 1.82) is 4.78 Å². The lowest BCUT2D eigenvalue weighted by Crippen LogP contribution is -2.44. The van der Waals surface area contributed by atoms with E-state index in [1.54, 1.807) is 4.68 Å². The van der Waals surface area contributed by atoms with E-state index in [4.69, 9.17) is 9.52 Å². The molecule has 11 heteroatoms. The maximum Gasteiger partial charge on any atom is 0.331 e. The van der Waals surface area contributed by atoms with E-state index >= 15 is 0 Å². The van der Waals surface area contributed by atoms with Crippen LogP contribution in [0.15, 0.2) is 17.2 Å². The molecule has 0 radical (unpaired) electrons. The summed E-state index contributed by atoms with van der Waals surface area (Å²) in [5, 5.41) is 10.6. The zero-order valence-corrected chi connectivity index (χ0v) is 20.6. The quantitative estimate of drug-likeness (QED) is 0.473. The molecule has 1 aromatic heterocycles. The van der Waals surface area contributed by atoms with Gasteiger partial charge >= 0.3 is 6.03 Å². The van der Waals surface area contributed by atoms with E-state index in [9.17, 15) is 9.00 Å². The number of hydrogen-bond acceptors (Lipinski definition) is 7. The minimum Gasteiger partial charge on any atom is -0.475 e. The summed E-state index contributed by atoms with van der Waals surface area (Å²) in [6.45, 7) is 2.65. The number of aryl methyl sites for hydroxylation is 2. The molecule has 2 aliphatic carbocycles. The molecule has 1 aromatic carbocycles. The van der Waals surface area contributed by atoms with Crippen molar-refractivity contribution in [2.24, 2.45) is 0 Å². The van der Waals surface area contributed by atoms with Crippen LogP contribution in [-0.2, 0) is 42.1 Å². The van der Waals surface area contributed by atoms with Gasteiger partial charge in [0.05, 0.1) is 18.8 Å². The van der Waals surface area contributed by atoms with Crippen molar-refractivity contribution in [2.75, 3.05) is 39.1 Å². The summed E-state index contributed by atoms with van der Waals surface area (Å²) in [7, 11) is 0.386. The fraction of sp³-hybridized carbons (Fsp3) is 0.565. The molecule has 2 unspecified atom stereocenters. The zero-order chi connectivity index (χ0) is 23.9. The monoisotopic (exact) mass is 487 g/mol. The maximum atomic E-state index is 13.3. The van der Waals surface area contributed by atoms with Crippen LogP contribution in [0.2, 0.25) is 0 Å². The average molecular weight is 488 g/mol. The summed E-state index contributed by atoms with van der Waals surface area (Å²) < 4.78 is 31.5. The highest BCUT2D eigenvalue weighted by Crippen LogP contribution is 2.38. The molecule has 34 heavy (non-hydrogen) atoms. The van der Waals surface area contributed by atoms with Gasteiger partial charge in [-0.05, 0) is 74.9 Å².